The molecule has 2 aromatic carbocycles. The molecule has 3 rings (SSSR count). The van der Waals surface area contributed by atoms with E-state index < -0.39 is 5.97 Å². The molecule has 25 heavy (non-hydrogen) atoms. The molecule has 0 radical (unpaired) electrons. The summed E-state index contributed by atoms with van der Waals surface area (Å²) in [6, 6.07) is 14.5. The van der Waals surface area contributed by atoms with Gasteiger partial charge in [0.2, 0.25) is 5.91 Å². The van der Waals surface area contributed by atoms with Crippen LogP contribution in [0.3, 0.4) is 0 Å². The predicted octanol–water partition coefficient (Wildman–Crippen LogP) is 4.04. The molecule has 1 unspecified atom stereocenters. The maximum atomic E-state index is 12.5. The number of hydrogen-bond acceptors (Lipinski definition) is 3. The van der Waals surface area contributed by atoms with Crippen molar-refractivity contribution < 1.29 is 14.7 Å². The molecule has 4 nitrogen and oxygen atoms in total. The number of rotatable bonds is 6. The average Bonchev–Trinajstić information content (AvgIpc) is 2.64. The van der Waals surface area contributed by atoms with Crippen LogP contribution in [0.15, 0.2) is 47.4 Å². The summed E-state index contributed by atoms with van der Waals surface area (Å²) in [6.07, 6.45) is 2.85. The maximum absolute atomic E-state index is 12.5. The third-order valence-electron chi connectivity index (χ3n) is 4.72. The molecule has 1 aliphatic heterocycles. The van der Waals surface area contributed by atoms with E-state index in [1.54, 1.807) is 11.8 Å². The summed E-state index contributed by atoms with van der Waals surface area (Å²) in [4.78, 5) is 26.2. The van der Waals surface area contributed by atoms with Gasteiger partial charge in [-0.1, -0.05) is 30.3 Å². The number of thioether (sulfide) groups is 1. The summed E-state index contributed by atoms with van der Waals surface area (Å²) in [5.74, 6) is 0.150. The van der Waals surface area contributed by atoms with Gasteiger partial charge in [-0.2, -0.15) is 0 Å². The Morgan fingerprint density at radius 3 is 2.76 bits per heavy atom. The second kappa shape index (κ2) is 8.39. The number of piperidine rings is 1. The number of carbonyl (C=O) groups excluding carboxylic acids is 1. The van der Waals surface area contributed by atoms with Gasteiger partial charge in [-0.15, -0.1) is 11.8 Å². The van der Waals surface area contributed by atoms with Crippen molar-refractivity contribution in [3.05, 3.63) is 42.5 Å². The van der Waals surface area contributed by atoms with E-state index in [2.05, 4.69) is 30.3 Å². The van der Waals surface area contributed by atoms with Gasteiger partial charge >= 0.3 is 5.97 Å². The third-order valence-corrected chi connectivity index (χ3v) is 5.70. The lowest BCUT2D eigenvalue weighted by Gasteiger charge is -2.32. The van der Waals surface area contributed by atoms with Crippen LogP contribution in [0.4, 0.5) is 0 Å². The van der Waals surface area contributed by atoms with E-state index in [0.29, 0.717) is 24.6 Å². The van der Waals surface area contributed by atoms with Gasteiger partial charge < -0.3 is 10.0 Å². The number of hydrogen-bond donors (Lipinski definition) is 1. The summed E-state index contributed by atoms with van der Waals surface area (Å²) >= 11 is 1.57. The number of carboxylic acids is 1. The van der Waals surface area contributed by atoms with Crippen molar-refractivity contribution >= 4 is 34.4 Å². The first-order chi connectivity index (χ1) is 12.1. The second-order valence-electron chi connectivity index (χ2n) is 6.58. The average molecular weight is 357 g/mol. The zero-order valence-corrected chi connectivity index (χ0v) is 15.0. The minimum absolute atomic E-state index is 0.151. The molecule has 1 aliphatic rings. The van der Waals surface area contributed by atoms with E-state index in [0.717, 1.165) is 24.3 Å². The van der Waals surface area contributed by atoms with Crippen molar-refractivity contribution in [1.82, 2.24) is 4.90 Å². The highest BCUT2D eigenvalue weighted by molar-refractivity contribution is 8.00. The third kappa shape index (κ3) is 4.98. The molecule has 0 saturated carbocycles. The first kappa shape index (κ1) is 17.8. The zero-order chi connectivity index (χ0) is 17.6. The summed E-state index contributed by atoms with van der Waals surface area (Å²) in [7, 11) is 0. The highest BCUT2D eigenvalue weighted by Gasteiger charge is 2.23. The smallest absolute Gasteiger partial charge is 0.303 e. The molecule has 1 saturated heterocycles. The van der Waals surface area contributed by atoms with Crippen molar-refractivity contribution in [1.29, 1.82) is 0 Å². The molecule has 5 heteroatoms. The van der Waals surface area contributed by atoms with E-state index in [1.165, 1.54) is 10.8 Å². The van der Waals surface area contributed by atoms with Crippen LogP contribution in [0, 0.1) is 5.92 Å². The second-order valence-corrected chi connectivity index (χ2v) is 7.63. The molecule has 1 amide bonds. The van der Waals surface area contributed by atoms with Gasteiger partial charge in [0, 0.05) is 24.4 Å². The molecular formula is C20H23NO3S. The number of amides is 1. The molecule has 1 atom stereocenters. The molecule has 0 aliphatic carbocycles. The van der Waals surface area contributed by atoms with Gasteiger partial charge in [-0.3, -0.25) is 9.59 Å². The minimum Gasteiger partial charge on any atom is -0.481 e. The van der Waals surface area contributed by atoms with Crippen molar-refractivity contribution in [3.8, 4) is 0 Å². The topological polar surface area (TPSA) is 57.6 Å². The Bertz CT molecular complexity index is 761. The lowest BCUT2D eigenvalue weighted by atomic mass is 9.93. The van der Waals surface area contributed by atoms with Gasteiger partial charge in [0.1, 0.15) is 0 Å². The largest absolute Gasteiger partial charge is 0.481 e. The van der Waals surface area contributed by atoms with Crippen LogP contribution >= 0.6 is 11.8 Å². The van der Waals surface area contributed by atoms with Crippen LogP contribution in [0.1, 0.15) is 25.7 Å². The fourth-order valence-corrected chi connectivity index (χ4v) is 4.20. The number of carboxylic acid groups (broad SMARTS) is 1. The van der Waals surface area contributed by atoms with Gasteiger partial charge in [-0.25, -0.2) is 0 Å². The first-order valence-corrected chi connectivity index (χ1v) is 9.71. The molecular weight excluding hydrogens is 334 g/mol. The van der Waals surface area contributed by atoms with Crippen LogP contribution in [-0.4, -0.2) is 40.7 Å². The van der Waals surface area contributed by atoms with Crippen LogP contribution in [-0.2, 0) is 9.59 Å². The Kier molecular flexibility index (Phi) is 5.97. The molecule has 1 heterocycles. The van der Waals surface area contributed by atoms with Crippen LogP contribution in [0.5, 0.6) is 0 Å². The van der Waals surface area contributed by atoms with Crippen LogP contribution in [0.25, 0.3) is 10.8 Å². The molecule has 1 fully saturated rings. The number of benzene rings is 2. The lowest BCUT2D eigenvalue weighted by molar-refractivity contribution is -0.137. The lowest BCUT2D eigenvalue weighted by Crippen LogP contribution is -2.41. The number of carbonyl (C=O) groups is 2. The predicted molar refractivity (Wildman–Crippen MR) is 101 cm³/mol. The van der Waals surface area contributed by atoms with Crippen molar-refractivity contribution in [2.45, 2.75) is 30.6 Å². The Balaban J connectivity index is 1.53. The fourth-order valence-electron chi connectivity index (χ4n) is 3.35. The number of aliphatic carboxylic acids is 1. The molecule has 0 spiro atoms. The van der Waals surface area contributed by atoms with Crippen LogP contribution in [0.2, 0.25) is 0 Å². The van der Waals surface area contributed by atoms with Crippen molar-refractivity contribution in [3.63, 3.8) is 0 Å². The Morgan fingerprint density at radius 2 is 1.96 bits per heavy atom. The molecule has 2 aromatic rings. The van der Waals surface area contributed by atoms with E-state index in [1.807, 2.05) is 17.0 Å². The quantitative estimate of drug-likeness (QED) is 0.793. The highest BCUT2D eigenvalue weighted by Crippen LogP contribution is 2.25. The minimum atomic E-state index is -0.754. The van der Waals surface area contributed by atoms with E-state index in [-0.39, 0.29) is 12.3 Å². The molecule has 0 bridgehead atoms. The van der Waals surface area contributed by atoms with Gasteiger partial charge in [0.25, 0.3) is 0 Å². The van der Waals surface area contributed by atoms with E-state index in [4.69, 9.17) is 5.11 Å². The molecule has 1 N–H and O–H groups in total. The standard InChI is InChI=1S/C20H23NO3S/c22-19(21-11-3-4-15(13-21)7-10-20(23)24)14-25-18-9-8-16-5-1-2-6-17(16)12-18/h1-2,5-6,8-9,12,15H,3-4,7,10-11,13-14H2,(H,23,24). The summed E-state index contributed by atoms with van der Waals surface area (Å²) < 4.78 is 0. The van der Waals surface area contributed by atoms with Gasteiger partial charge in [0.15, 0.2) is 0 Å². The van der Waals surface area contributed by atoms with E-state index >= 15 is 0 Å². The molecule has 0 aromatic heterocycles. The highest BCUT2D eigenvalue weighted by atomic mass is 32.2. The Hall–Kier alpha value is -2.01. The Morgan fingerprint density at radius 1 is 1.16 bits per heavy atom. The first-order valence-electron chi connectivity index (χ1n) is 8.73. The van der Waals surface area contributed by atoms with Gasteiger partial charge in [0.05, 0.1) is 5.75 Å². The van der Waals surface area contributed by atoms with E-state index in [9.17, 15) is 9.59 Å². The number of fused-ring (bicyclic) bond motifs is 1. The maximum Gasteiger partial charge on any atom is 0.303 e. The summed E-state index contributed by atoms with van der Waals surface area (Å²) in [6.45, 7) is 1.49. The summed E-state index contributed by atoms with van der Waals surface area (Å²) in [5, 5.41) is 11.2. The number of nitrogens with zero attached hydrogens (tertiary/aromatic N) is 1. The fraction of sp³-hybridized carbons (Fsp3) is 0.400. The van der Waals surface area contributed by atoms with Crippen molar-refractivity contribution in [2.75, 3.05) is 18.8 Å². The zero-order valence-electron chi connectivity index (χ0n) is 14.2. The van der Waals surface area contributed by atoms with Crippen molar-refractivity contribution in [2.24, 2.45) is 5.92 Å². The Labute approximate surface area is 152 Å². The van der Waals surface area contributed by atoms with Crippen LogP contribution < -0.4 is 0 Å². The SMILES string of the molecule is O=C(O)CCC1CCCN(C(=O)CSc2ccc3ccccc3c2)C1. The number of likely N-dealkylation sites (tertiary alicyclic amines) is 1. The molecule has 132 valence electrons. The summed E-state index contributed by atoms with van der Waals surface area (Å²) in [5.41, 5.74) is 0. The van der Waals surface area contributed by atoms with Gasteiger partial charge in [-0.05, 0) is 48.1 Å². The monoisotopic (exact) mass is 357 g/mol. The normalized spacial score (nSPS) is 17.6.